The van der Waals surface area contributed by atoms with E-state index in [4.69, 9.17) is 10.5 Å². The minimum absolute atomic E-state index is 0.0179. The summed E-state index contributed by atoms with van der Waals surface area (Å²) >= 11 is 0. The van der Waals surface area contributed by atoms with Crippen molar-refractivity contribution in [1.29, 1.82) is 0 Å². The number of nitrogens with two attached hydrogens (primary N) is 1. The molecule has 2 N–H and O–H groups in total. The molecule has 0 bridgehead atoms. The average Bonchev–Trinajstić information content (AvgIpc) is 2.46. The molecule has 1 aliphatic rings. The molecule has 0 radical (unpaired) electrons. The molecule has 0 spiro atoms. The zero-order chi connectivity index (χ0) is 14.4. The van der Waals surface area contributed by atoms with Crippen LogP contribution in [0.3, 0.4) is 0 Å². The van der Waals surface area contributed by atoms with Crippen LogP contribution in [-0.4, -0.2) is 40.5 Å². The lowest BCUT2D eigenvalue weighted by Crippen LogP contribution is -2.38. The van der Waals surface area contributed by atoms with Crippen molar-refractivity contribution in [3.63, 3.8) is 0 Å². The molecule has 1 aromatic rings. The zero-order valence-electron chi connectivity index (χ0n) is 12.0. The van der Waals surface area contributed by atoms with E-state index in [0.717, 1.165) is 36.9 Å². The molecule has 1 amide bonds. The van der Waals surface area contributed by atoms with Crippen molar-refractivity contribution in [2.45, 2.75) is 39.2 Å². The molecule has 0 aliphatic carbocycles. The summed E-state index contributed by atoms with van der Waals surface area (Å²) in [6.07, 6.45) is 5.83. The van der Waals surface area contributed by atoms with Gasteiger partial charge in [0.15, 0.2) is 0 Å². The van der Waals surface area contributed by atoms with Crippen molar-refractivity contribution in [3.05, 3.63) is 17.5 Å². The van der Waals surface area contributed by atoms with E-state index in [9.17, 15) is 4.79 Å². The number of carbonyl (C=O) groups is 1. The molecular weight excluding hydrogens is 256 g/mol. The Morgan fingerprint density at radius 3 is 3.15 bits per heavy atom. The smallest absolute Gasteiger partial charge is 0.248 e. The van der Waals surface area contributed by atoms with Gasteiger partial charge in [0.2, 0.25) is 11.9 Å². The molecule has 20 heavy (non-hydrogen) atoms. The Kier molecular flexibility index (Phi) is 5.29. The Bertz CT molecular complexity index is 464. The van der Waals surface area contributed by atoms with Crippen molar-refractivity contribution in [1.82, 2.24) is 14.9 Å². The molecule has 2 heterocycles. The highest BCUT2D eigenvalue weighted by molar-refractivity contribution is 5.77. The quantitative estimate of drug-likeness (QED) is 0.789. The average molecular weight is 278 g/mol. The molecule has 1 aromatic heterocycles. The first kappa shape index (κ1) is 14.7. The van der Waals surface area contributed by atoms with Gasteiger partial charge in [0.05, 0.1) is 12.2 Å². The van der Waals surface area contributed by atoms with Crippen LogP contribution >= 0.6 is 0 Å². The van der Waals surface area contributed by atoms with E-state index in [-0.39, 0.29) is 18.5 Å². The van der Waals surface area contributed by atoms with Gasteiger partial charge >= 0.3 is 0 Å². The first-order valence-electron chi connectivity index (χ1n) is 7.16. The number of aromatic nitrogens is 2. The fourth-order valence-corrected chi connectivity index (χ4v) is 2.24. The van der Waals surface area contributed by atoms with Crippen LogP contribution in [0, 0.1) is 0 Å². The van der Waals surface area contributed by atoms with Crippen molar-refractivity contribution >= 4 is 11.9 Å². The Hall–Kier alpha value is -1.69. The van der Waals surface area contributed by atoms with Crippen molar-refractivity contribution in [2.75, 3.05) is 25.5 Å². The highest BCUT2D eigenvalue weighted by Crippen LogP contribution is 2.16. The predicted octanol–water partition coefficient (Wildman–Crippen LogP) is 1.15. The maximum atomic E-state index is 12.1. The number of carbonyl (C=O) groups excluding carboxylic acids is 1. The lowest BCUT2D eigenvalue weighted by molar-refractivity contribution is -0.137. The molecule has 1 aliphatic heterocycles. The summed E-state index contributed by atoms with van der Waals surface area (Å²) in [5, 5.41) is 0. The number of anilines is 1. The van der Waals surface area contributed by atoms with Crippen molar-refractivity contribution in [3.8, 4) is 0 Å². The standard InChI is InChI=1S/C14H22N4O2/c1-2-3-4-7-20-10-13(19)18-6-5-11-8-16-14(15)17-12(11)9-18/h8H,2-7,9-10H2,1H3,(H2,15,16,17). The number of rotatable bonds is 6. The van der Waals surface area contributed by atoms with Crippen LogP contribution in [-0.2, 0) is 22.5 Å². The number of unbranched alkanes of at least 4 members (excludes halogenated alkanes) is 2. The van der Waals surface area contributed by atoms with Crippen LogP contribution in [0.2, 0.25) is 0 Å². The number of hydrogen-bond acceptors (Lipinski definition) is 5. The van der Waals surface area contributed by atoms with E-state index < -0.39 is 0 Å². The molecule has 0 fully saturated rings. The molecule has 0 unspecified atom stereocenters. The van der Waals surface area contributed by atoms with Gasteiger partial charge < -0.3 is 15.4 Å². The maximum Gasteiger partial charge on any atom is 0.248 e. The Balaban J connectivity index is 1.81. The van der Waals surface area contributed by atoms with E-state index in [1.165, 1.54) is 0 Å². The number of amides is 1. The van der Waals surface area contributed by atoms with E-state index >= 15 is 0 Å². The lowest BCUT2D eigenvalue weighted by atomic mass is 10.1. The van der Waals surface area contributed by atoms with E-state index in [0.29, 0.717) is 19.7 Å². The third kappa shape index (κ3) is 3.90. The summed E-state index contributed by atoms with van der Waals surface area (Å²) in [5.74, 6) is 0.276. The van der Waals surface area contributed by atoms with Crippen LogP contribution in [0.25, 0.3) is 0 Å². The summed E-state index contributed by atoms with van der Waals surface area (Å²) in [6, 6.07) is 0. The minimum Gasteiger partial charge on any atom is -0.372 e. The van der Waals surface area contributed by atoms with Gasteiger partial charge in [-0.3, -0.25) is 4.79 Å². The van der Waals surface area contributed by atoms with Crippen LogP contribution in [0.5, 0.6) is 0 Å². The zero-order valence-corrected chi connectivity index (χ0v) is 12.0. The molecule has 6 heteroatoms. The molecular formula is C14H22N4O2. The molecule has 110 valence electrons. The van der Waals surface area contributed by atoms with Crippen LogP contribution in [0.1, 0.15) is 37.4 Å². The van der Waals surface area contributed by atoms with Gasteiger partial charge in [-0.15, -0.1) is 0 Å². The number of nitrogens with zero attached hydrogens (tertiary/aromatic N) is 3. The summed E-state index contributed by atoms with van der Waals surface area (Å²) in [5.41, 5.74) is 7.51. The third-order valence-corrected chi connectivity index (χ3v) is 3.43. The Labute approximate surface area is 119 Å². The Morgan fingerprint density at radius 1 is 1.50 bits per heavy atom. The first-order valence-corrected chi connectivity index (χ1v) is 7.16. The second kappa shape index (κ2) is 7.19. The lowest BCUT2D eigenvalue weighted by Gasteiger charge is -2.27. The topological polar surface area (TPSA) is 81.3 Å². The summed E-state index contributed by atoms with van der Waals surface area (Å²) in [7, 11) is 0. The number of ether oxygens (including phenoxy) is 1. The normalized spacial score (nSPS) is 14.2. The maximum absolute atomic E-state index is 12.1. The van der Waals surface area contributed by atoms with E-state index in [1.807, 2.05) is 0 Å². The summed E-state index contributed by atoms with van der Waals surface area (Å²) in [4.78, 5) is 22.0. The summed E-state index contributed by atoms with van der Waals surface area (Å²) < 4.78 is 5.41. The van der Waals surface area contributed by atoms with E-state index in [2.05, 4.69) is 16.9 Å². The first-order chi connectivity index (χ1) is 9.70. The third-order valence-electron chi connectivity index (χ3n) is 3.43. The largest absolute Gasteiger partial charge is 0.372 e. The number of hydrogen-bond donors (Lipinski definition) is 1. The van der Waals surface area contributed by atoms with E-state index in [1.54, 1.807) is 11.1 Å². The van der Waals surface area contributed by atoms with Gasteiger partial charge in [-0.1, -0.05) is 19.8 Å². The highest BCUT2D eigenvalue weighted by atomic mass is 16.5. The van der Waals surface area contributed by atoms with Crippen LogP contribution < -0.4 is 5.73 Å². The van der Waals surface area contributed by atoms with Crippen LogP contribution in [0.15, 0.2) is 6.20 Å². The van der Waals surface area contributed by atoms with Gasteiger partial charge in [-0.25, -0.2) is 9.97 Å². The van der Waals surface area contributed by atoms with Gasteiger partial charge in [0.1, 0.15) is 6.61 Å². The molecule has 0 aromatic carbocycles. The van der Waals surface area contributed by atoms with Gasteiger partial charge in [-0.2, -0.15) is 0 Å². The van der Waals surface area contributed by atoms with Gasteiger partial charge in [0.25, 0.3) is 0 Å². The summed E-state index contributed by atoms with van der Waals surface area (Å²) in [6.45, 7) is 4.14. The minimum atomic E-state index is 0.0179. The molecule has 6 nitrogen and oxygen atoms in total. The highest BCUT2D eigenvalue weighted by Gasteiger charge is 2.22. The molecule has 0 saturated heterocycles. The fraction of sp³-hybridized carbons (Fsp3) is 0.643. The predicted molar refractivity (Wildman–Crippen MR) is 75.9 cm³/mol. The molecule has 0 saturated carbocycles. The second-order valence-corrected chi connectivity index (χ2v) is 5.03. The molecule has 2 rings (SSSR count). The number of nitrogen functional groups attached to an aromatic ring is 1. The van der Waals surface area contributed by atoms with Crippen molar-refractivity contribution in [2.24, 2.45) is 0 Å². The molecule has 0 atom stereocenters. The SMILES string of the molecule is CCCCCOCC(=O)N1CCc2cnc(N)nc2C1. The second-order valence-electron chi connectivity index (χ2n) is 5.03. The van der Waals surface area contributed by atoms with Gasteiger partial charge in [-0.05, 0) is 18.4 Å². The van der Waals surface area contributed by atoms with Crippen LogP contribution in [0.4, 0.5) is 5.95 Å². The number of fused-ring (bicyclic) bond motifs is 1. The fourth-order valence-electron chi connectivity index (χ4n) is 2.24. The Morgan fingerprint density at radius 2 is 2.35 bits per heavy atom. The monoisotopic (exact) mass is 278 g/mol. The van der Waals surface area contributed by atoms with Gasteiger partial charge in [0, 0.05) is 19.3 Å². The van der Waals surface area contributed by atoms with Crippen molar-refractivity contribution < 1.29 is 9.53 Å².